The maximum atomic E-state index is 12.7. The Morgan fingerprint density at radius 3 is 2.22 bits per heavy atom. The summed E-state index contributed by atoms with van der Waals surface area (Å²) in [6.07, 6.45) is 1.68. The van der Waals surface area contributed by atoms with Gasteiger partial charge in [-0.15, -0.1) is 0 Å². The lowest BCUT2D eigenvalue weighted by Crippen LogP contribution is -2.04. The van der Waals surface area contributed by atoms with Crippen LogP contribution in [0.15, 0.2) is 54.6 Å². The Labute approximate surface area is 106 Å². The molecule has 1 nitrogen and oxygen atoms in total. The van der Waals surface area contributed by atoms with Crippen molar-refractivity contribution in [1.82, 2.24) is 0 Å². The highest BCUT2D eigenvalue weighted by atomic mass is 19.1. The van der Waals surface area contributed by atoms with Crippen LogP contribution in [0.2, 0.25) is 0 Å². The lowest BCUT2D eigenvalue weighted by atomic mass is 10.0. The number of Topliss-reactive ketones (excluding diaryl/α,β-unsaturated/α-hetero) is 1. The Bertz CT molecular complexity index is 502. The third-order valence-corrected chi connectivity index (χ3v) is 2.85. The molecule has 92 valence electrons. The van der Waals surface area contributed by atoms with Crippen molar-refractivity contribution in [2.75, 3.05) is 0 Å². The first-order valence-electron chi connectivity index (χ1n) is 6.04. The molecule has 2 heteroatoms. The van der Waals surface area contributed by atoms with Gasteiger partial charge in [-0.25, -0.2) is 4.39 Å². The van der Waals surface area contributed by atoms with Gasteiger partial charge >= 0.3 is 0 Å². The maximum absolute atomic E-state index is 12.7. The average Bonchev–Trinajstić information content (AvgIpc) is 2.40. The molecule has 0 unspecified atom stereocenters. The minimum Gasteiger partial charge on any atom is -0.299 e. The van der Waals surface area contributed by atoms with Crippen LogP contribution in [-0.4, -0.2) is 5.78 Å². The number of hydrogen-bond donors (Lipinski definition) is 0. The van der Waals surface area contributed by atoms with Crippen LogP contribution in [0, 0.1) is 5.82 Å². The number of rotatable bonds is 5. The topological polar surface area (TPSA) is 17.1 Å². The van der Waals surface area contributed by atoms with E-state index in [-0.39, 0.29) is 11.6 Å². The van der Waals surface area contributed by atoms with Crippen LogP contribution in [-0.2, 0) is 17.6 Å². The van der Waals surface area contributed by atoms with Crippen molar-refractivity contribution in [3.8, 4) is 0 Å². The predicted molar refractivity (Wildman–Crippen MR) is 69.9 cm³/mol. The van der Waals surface area contributed by atoms with E-state index in [0.29, 0.717) is 12.8 Å². The summed E-state index contributed by atoms with van der Waals surface area (Å²) in [4.78, 5) is 11.8. The number of halogens is 1. The van der Waals surface area contributed by atoms with Crippen LogP contribution in [0.4, 0.5) is 4.39 Å². The summed E-state index contributed by atoms with van der Waals surface area (Å²) >= 11 is 0. The summed E-state index contributed by atoms with van der Waals surface area (Å²) in [7, 11) is 0. The minimum atomic E-state index is -0.268. The zero-order chi connectivity index (χ0) is 12.8. The number of hydrogen-bond acceptors (Lipinski definition) is 1. The lowest BCUT2D eigenvalue weighted by molar-refractivity contribution is -0.118. The van der Waals surface area contributed by atoms with Gasteiger partial charge in [0.15, 0.2) is 0 Å². The number of benzene rings is 2. The molecular weight excluding hydrogens is 227 g/mol. The first kappa shape index (κ1) is 12.5. The third kappa shape index (κ3) is 3.81. The molecule has 0 saturated carbocycles. The Hall–Kier alpha value is -1.96. The van der Waals surface area contributed by atoms with E-state index in [9.17, 15) is 9.18 Å². The monoisotopic (exact) mass is 242 g/mol. The summed E-state index contributed by atoms with van der Waals surface area (Å²) in [5.74, 6) is -0.0825. The molecule has 0 aliphatic rings. The number of carbonyl (C=O) groups excluding carboxylic acids is 1. The van der Waals surface area contributed by atoms with Crippen molar-refractivity contribution >= 4 is 5.78 Å². The van der Waals surface area contributed by atoms with Crippen molar-refractivity contribution in [3.05, 3.63) is 71.5 Å². The van der Waals surface area contributed by atoms with Crippen molar-refractivity contribution in [2.45, 2.75) is 19.3 Å². The molecular formula is C16H15FO. The smallest absolute Gasteiger partial charge is 0.137 e. The zero-order valence-corrected chi connectivity index (χ0v) is 10.1. The van der Waals surface area contributed by atoms with Crippen LogP contribution >= 0.6 is 0 Å². The van der Waals surface area contributed by atoms with E-state index in [1.54, 1.807) is 12.1 Å². The van der Waals surface area contributed by atoms with E-state index < -0.39 is 0 Å². The SMILES string of the molecule is O=C(CCc1ccccc1)Cc1ccc(F)cc1. The minimum absolute atomic E-state index is 0.186. The molecule has 2 rings (SSSR count). The van der Waals surface area contributed by atoms with Crippen molar-refractivity contribution in [1.29, 1.82) is 0 Å². The Balaban J connectivity index is 1.84. The highest BCUT2D eigenvalue weighted by molar-refractivity contribution is 5.81. The molecule has 2 aromatic carbocycles. The van der Waals surface area contributed by atoms with Gasteiger partial charge in [0.25, 0.3) is 0 Å². The first-order valence-corrected chi connectivity index (χ1v) is 6.04. The number of aryl methyl sites for hydroxylation is 1. The molecule has 0 atom stereocenters. The molecule has 0 radical (unpaired) electrons. The second-order valence-corrected chi connectivity index (χ2v) is 4.33. The largest absolute Gasteiger partial charge is 0.299 e. The van der Waals surface area contributed by atoms with Gasteiger partial charge in [0.2, 0.25) is 0 Å². The van der Waals surface area contributed by atoms with Crippen LogP contribution in [0.5, 0.6) is 0 Å². The highest BCUT2D eigenvalue weighted by Crippen LogP contribution is 2.08. The normalized spacial score (nSPS) is 10.3. The Morgan fingerprint density at radius 1 is 0.889 bits per heavy atom. The van der Waals surface area contributed by atoms with Gasteiger partial charge in [0.05, 0.1) is 0 Å². The predicted octanol–water partition coefficient (Wildman–Crippen LogP) is 3.57. The van der Waals surface area contributed by atoms with Gasteiger partial charge in [-0.1, -0.05) is 42.5 Å². The fraction of sp³-hybridized carbons (Fsp3) is 0.188. The summed E-state index contributed by atoms with van der Waals surface area (Å²) < 4.78 is 12.7. The van der Waals surface area contributed by atoms with Crippen LogP contribution in [0.25, 0.3) is 0 Å². The maximum Gasteiger partial charge on any atom is 0.137 e. The highest BCUT2D eigenvalue weighted by Gasteiger charge is 2.04. The molecule has 0 aliphatic heterocycles. The van der Waals surface area contributed by atoms with E-state index in [0.717, 1.165) is 12.0 Å². The Morgan fingerprint density at radius 2 is 1.56 bits per heavy atom. The first-order chi connectivity index (χ1) is 8.74. The van der Waals surface area contributed by atoms with E-state index >= 15 is 0 Å². The average molecular weight is 242 g/mol. The van der Waals surface area contributed by atoms with Gasteiger partial charge in [0, 0.05) is 12.8 Å². The van der Waals surface area contributed by atoms with Crippen molar-refractivity contribution in [3.63, 3.8) is 0 Å². The molecule has 0 spiro atoms. The van der Waals surface area contributed by atoms with Gasteiger partial charge < -0.3 is 0 Å². The molecule has 18 heavy (non-hydrogen) atoms. The van der Waals surface area contributed by atoms with Crippen molar-refractivity contribution in [2.24, 2.45) is 0 Å². The van der Waals surface area contributed by atoms with Crippen LogP contribution < -0.4 is 0 Å². The second kappa shape index (κ2) is 6.10. The van der Waals surface area contributed by atoms with E-state index in [2.05, 4.69) is 0 Å². The zero-order valence-electron chi connectivity index (χ0n) is 10.1. The summed E-state index contributed by atoms with van der Waals surface area (Å²) in [6.45, 7) is 0. The fourth-order valence-electron chi connectivity index (χ4n) is 1.85. The summed E-state index contributed by atoms with van der Waals surface area (Å²) in [5.41, 5.74) is 2.04. The molecule has 0 fully saturated rings. The lowest BCUT2D eigenvalue weighted by Gasteiger charge is -2.02. The van der Waals surface area contributed by atoms with Gasteiger partial charge in [-0.2, -0.15) is 0 Å². The van der Waals surface area contributed by atoms with Crippen molar-refractivity contribution < 1.29 is 9.18 Å². The number of ketones is 1. The summed E-state index contributed by atoms with van der Waals surface area (Å²) in [5, 5.41) is 0. The van der Waals surface area contributed by atoms with Crippen LogP contribution in [0.3, 0.4) is 0 Å². The molecule has 0 heterocycles. The quantitative estimate of drug-likeness (QED) is 0.783. The molecule has 0 amide bonds. The molecule has 0 aromatic heterocycles. The van der Waals surface area contributed by atoms with Crippen LogP contribution in [0.1, 0.15) is 17.5 Å². The van der Waals surface area contributed by atoms with Gasteiger partial charge in [0.1, 0.15) is 11.6 Å². The summed E-state index contributed by atoms with van der Waals surface area (Å²) in [6, 6.07) is 16.0. The Kier molecular flexibility index (Phi) is 4.24. The molecule has 0 bridgehead atoms. The second-order valence-electron chi connectivity index (χ2n) is 4.33. The van der Waals surface area contributed by atoms with Gasteiger partial charge in [-0.3, -0.25) is 4.79 Å². The fourth-order valence-corrected chi connectivity index (χ4v) is 1.85. The molecule has 0 aliphatic carbocycles. The number of carbonyl (C=O) groups is 1. The molecule has 0 N–H and O–H groups in total. The molecule has 0 saturated heterocycles. The standard InChI is InChI=1S/C16H15FO/c17-15-9-6-14(7-10-15)12-16(18)11-8-13-4-2-1-3-5-13/h1-7,9-10H,8,11-12H2. The van der Waals surface area contributed by atoms with Gasteiger partial charge in [-0.05, 0) is 29.7 Å². The third-order valence-electron chi connectivity index (χ3n) is 2.85. The van der Waals surface area contributed by atoms with E-state index in [1.807, 2.05) is 30.3 Å². The van der Waals surface area contributed by atoms with E-state index in [1.165, 1.54) is 17.7 Å². The molecule has 2 aromatic rings. The van der Waals surface area contributed by atoms with E-state index in [4.69, 9.17) is 0 Å².